The molecule has 1 rings (SSSR count). The van der Waals surface area contributed by atoms with E-state index in [2.05, 4.69) is 19.9 Å². The molecule has 1 saturated carbocycles. The molecule has 1 aliphatic carbocycles. The van der Waals surface area contributed by atoms with Gasteiger partial charge in [0.15, 0.2) is 0 Å². The SMILES string of the molecule is C/C(=C\C=O)CC/C=C(\C)CC[C@@]1(C)CC(=O)CC(=O)[C@@H]1C. The zero-order chi connectivity index (χ0) is 16.8. The van der Waals surface area contributed by atoms with Crippen molar-refractivity contribution in [1.82, 2.24) is 0 Å². The minimum atomic E-state index is -0.200. The van der Waals surface area contributed by atoms with Crippen LogP contribution in [0.1, 0.15) is 66.2 Å². The second-order valence-corrected chi connectivity index (χ2v) is 6.97. The molecule has 0 aromatic rings. The fourth-order valence-corrected chi connectivity index (χ4v) is 3.04. The number of hydrogen-bond acceptors (Lipinski definition) is 3. The zero-order valence-corrected chi connectivity index (χ0v) is 14.3. The number of aldehydes is 1. The summed E-state index contributed by atoms with van der Waals surface area (Å²) >= 11 is 0. The van der Waals surface area contributed by atoms with Gasteiger partial charge in [-0.1, -0.05) is 31.1 Å². The molecule has 0 radical (unpaired) electrons. The maximum absolute atomic E-state index is 11.9. The van der Waals surface area contributed by atoms with Crippen molar-refractivity contribution >= 4 is 17.9 Å². The molecule has 3 nitrogen and oxygen atoms in total. The Morgan fingerprint density at radius 2 is 1.91 bits per heavy atom. The lowest BCUT2D eigenvalue weighted by atomic mass is 9.64. The Morgan fingerprint density at radius 3 is 2.55 bits per heavy atom. The Hall–Kier alpha value is -1.51. The first-order valence-electron chi connectivity index (χ1n) is 8.09. The summed E-state index contributed by atoms with van der Waals surface area (Å²) in [5, 5.41) is 0. The van der Waals surface area contributed by atoms with Crippen LogP contribution in [0, 0.1) is 11.3 Å². The van der Waals surface area contributed by atoms with E-state index in [1.54, 1.807) is 6.08 Å². The standard InChI is InChI=1S/C19H28O3/c1-14(6-5-7-15(2)9-11-20)8-10-19(4)13-17(21)12-18(22)16(19)3/h6,9,11,16H,5,7-8,10,12-13H2,1-4H3/b14-6+,15-9+/t16-,19-/m0/s1. The number of carbonyl (C=O) groups excluding carboxylic acids is 3. The molecule has 0 saturated heterocycles. The molecular formula is C19H28O3. The average molecular weight is 304 g/mol. The molecule has 0 unspecified atom stereocenters. The highest BCUT2D eigenvalue weighted by Gasteiger charge is 2.41. The lowest BCUT2D eigenvalue weighted by Gasteiger charge is -2.38. The van der Waals surface area contributed by atoms with Crippen molar-refractivity contribution in [3.05, 3.63) is 23.3 Å². The third-order valence-electron chi connectivity index (χ3n) is 4.98. The van der Waals surface area contributed by atoms with Crippen molar-refractivity contribution in [1.29, 1.82) is 0 Å². The van der Waals surface area contributed by atoms with Crippen molar-refractivity contribution < 1.29 is 14.4 Å². The van der Waals surface area contributed by atoms with E-state index >= 15 is 0 Å². The predicted octanol–water partition coefficient (Wildman–Crippen LogP) is 4.21. The molecule has 0 aromatic carbocycles. The second-order valence-electron chi connectivity index (χ2n) is 6.97. The summed E-state index contributed by atoms with van der Waals surface area (Å²) in [6.45, 7) is 8.08. The first-order valence-corrected chi connectivity index (χ1v) is 8.09. The maximum Gasteiger partial charge on any atom is 0.143 e. The van der Waals surface area contributed by atoms with E-state index in [0.29, 0.717) is 6.42 Å². The summed E-state index contributed by atoms with van der Waals surface area (Å²) in [5.41, 5.74) is 2.18. The molecule has 0 aliphatic heterocycles. The Kier molecular flexibility index (Phi) is 6.92. The molecule has 1 aliphatic rings. The van der Waals surface area contributed by atoms with E-state index in [0.717, 1.165) is 37.5 Å². The van der Waals surface area contributed by atoms with E-state index in [1.165, 1.54) is 5.57 Å². The number of carbonyl (C=O) groups is 3. The van der Waals surface area contributed by atoms with Gasteiger partial charge in [-0.25, -0.2) is 0 Å². The van der Waals surface area contributed by atoms with Gasteiger partial charge in [-0.3, -0.25) is 14.4 Å². The minimum absolute atomic E-state index is 0.0317. The fraction of sp³-hybridized carbons (Fsp3) is 0.632. The summed E-state index contributed by atoms with van der Waals surface area (Å²) in [6.07, 6.45) is 8.86. The third kappa shape index (κ3) is 5.36. The number of Topliss-reactive ketones (excluding diaryl/α,β-unsaturated/α-hetero) is 2. The van der Waals surface area contributed by atoms with Gasteiger partial charge in [0.05, 0.1) is 6.42 Å². The van der Waals surface area contributed by atoms with Crippen molar-refractivity contribution in [2.75, 3.05) is 0 Å². The Labute approximate surface area is 133 Å². The summed E-state index contributed by atoms with van der Waals surface area (Å²) in [4.78, 5) is 34.0. The van der Waals surface area contributed by atoms with E-state index in [-0.39, 0.29) is 29.3 Å². The molecule has 2 atom stereocenters. The lowest BCUT2D eigenvalue weighted by molar-refractivity contribution is -0.138. The van der Waals surface area contributed by atoms with Gasteiger partial charge in [-0.05, 0) is 51.0 Å². The summed E-state index contributed by atoms with van der Waals surface area (Å²) < 4.78 is 0. The van der Waals surface area contributed by atoms with E-state index in [9.17, 15) is 14.4 Å². The van der Waals surface area contributed by atoms with Gasteiger partial charge in [0.25, 0.3) is 0 Å². The lowest BCUT2D eigenvalue weighted by Crippen LogP contribution is -2.39. The van der Waals surface area contributed by atoms with Gasteiger partial charge in [-0.15, -0.1) is 0 Å². The first-order chi connectivity index (χ1) is 10.3. The molecule has 0 amide bonds. The molecule has 0 aromatic heterocycles. The van der Waals surface area contributed by atoms with Gasteiger partial charge in [0.2, 0.25) is 0 Å². The maximum atomic E-state index is 11.9. The van der Waals surface area contributed by atoms with Crippen molar-refractivity contribution in [3.8, 4) is 0 Å². The molecule has 0 N–H and O–H groups in total. The summed E-state index contributed by atoms with van der Waals surface area (Å²) in [7, 11) is 0. The topological polar surface area (TPSA) is 51.2 Å². The molecule has 3 heteroatoms. The largest absolute Gasteiger partial charge is 0.299 e. The van der Waals surface area contributed by atoms with Gasteiger partial charge < -0.3 is 0 Å². The Morgan fingerprint density at radius 1 is 1.23 bits per heavy atom. The van der Waals surface area contributed by atoms with Crippen LogP contribution in [-0.2, 0) is 14.4 Å². The Balaban J connectivity index is 2.53. The smallest absolute Gasteiger partial charge is 0.143 e. The van der Waals surface area contributed by atoms with E-state index in [4.69, 9.17) is 0 Å². The van der Waals surface area contributed by atoms with Crippen LogP contribution >= 0.6 is 0 Å². The summed E-state index contributed by atoms with van der Waals surface area (Å²) in [6, 6.07) is 0. The van der Waals surface area contributed by atoms with Crippen LogP contribution in [0.3, 0.4) is 0 Å². The molecule has 1 fully saturated rings. The van der Waals surface area contributed by atoms with E-state index in [1.807, 2.05) is 13.8 Å². The first kappa shape index (κ1) is 18.5. The molecule has 0 bridgehead atoms. The Bertz CT molecular complexity index is 499. The van der Waals surface area contributed by atoms with Crippen LogP contribution in [0.15, 0.2) is 23.3 Å². The molecule has 0 spiro atoms. The normalized spacial score (nSPS) is 27.2. The zero-order valence-electron chi connectivity index (χ0n) is 14.3. The van der Waals surface area contributed by atoms with Crippen LogP contribution in [0.25, 0.3) is 0 Å². The van der Waals surface area contributed by atoms with Crippen LogP contribution in [0.2, 0.25) is 0 Å². The highest BCUT2D eigenvalue weighted by atomic mass is 16.1. The van der Waals surface area contributed by atoms with Crippen molar-refractivity contribution in [2.45, 2.75) is 66.2 Å². The highest BCUT2D eigenvalue weighted by Crippen LogP contribution is 2.41. The predicted molar refractivity (Wildman–Crippen MR) is 88.6 cm³/mol. The number of rotatable bonds is 7. The average Bonchev–Trinajstić information content (AvgIpc) is 2.43. The van der Waals surface area contributed by atoms with Gasteiger partial charge in [0, 0.05) is 12.3 Å². The van der Waals surface area contributed by atoms with E-state index < -0.39 is 0 Å². The van der Waals surface area contributed by atoms with Crippen molar-refractivity contribution in [2.24, 2.45) is 11.3 Å². The molecular weight excluding hydrogens is 276 g/mol. The quantitative estimate of drug-likeness (QED) is 0.306. The fourth-order valence-electron chi connectivity index (χ4n) is 3.04. The molecule has 122 valence electrons. The highest BCUT2D eigenvalue weighted by molar-refractivity contribution is 6.03. The van der Waals surface area contributed by atoms with Gasteiger partial charge >= 0.3 is 0 Å². The minimum Gasteiger partial charge on any atom is -0.299 e. The van der Waals surface area contributed by atoms with Crippen LogP contribution in [0.4, 0.5) is 0 Å². The number of allylic oxidation sites excluding steroid dienone is 4. The van der Waals surface area contributed by atoms with Crippen LogP contribution < -0.4 is 0 Å². The monoisotopic (exact) mass is 304 g/mol. The second kappa shape index (κ2) is 8.21. The van der Waals surface area contributed by atoms with Crippen molar-refractivity contribution in [3.63, 3.8) is 0 Å². The van der Waals surface area contributed by atoms with Gasteiger partial charge in [-0.2, -0.15) is 0 Å². The molecule has 0 heterocycles. The van der Waals surface area contributed by atoms with Gasteiger partial charge in [0.1, 0.15) is 17.9 Å². The number of hydrogen-bond donors (Lipinski definition) is 0. The van der Waals surface area contributed by atoms with Crippen LogP contribution in [-0.4, -0.2) is 17.9 Å². The number of ketones is 2. The molecule has 22 heavy (non-hydrogen) atoms. The third-order valence-corrected chi connectivity index (χ3v) is 4.98. The van der Waals surface area contributed by atoms with Crippen LogP contribution in [0.5, 0.6) is 0 Å². The summed E-state index contributed by atoms with van der Waals surface area (Å²) in [5.74, 6) is 0.146.